The molecule has 0 amide bonds. The second-order valence-corrected chi connectivity index (χ2v) is 2.38. The molecule has 3 heteroatoms. The Bertz CT molecular complexity index is 367. The van der Waals surface area contributed by atoms with Gasteiger partial charge < -0.3 is 9.51 Å². The van der Waals surface area contributed by atoms with E-state index < -0.39 is 0 Å². The fourth-order valence-corrected chi connectivity index (χ4v) is 1.14. The van der Waals surface area contributed by atoms with Crippen molar-refractivity contribution in [2.45, 2.75) is 6.61 Å². The molecule has 11 heavy (non-hydrogen) atoms. The largest absolute Gasteiger partial charge is 0.392 e. The van der Waals surface area contributed by atoms with Crippen molar-refractivity contribution < 1.29 is 5.11 Å². The molecule has 2 aromatic rings. The van der Waals surface area contributed by atoms with Gasteiger partial charge in [0.25, 0.3) is 0 Å². The molecule has 3 nitrogen and oxygen atoms in total. The van der Waals surface area contributed by atoms with Gasteiger partial charge in [0.1, 0.15) is 0 Å². The molecular weight excluding hydrogens is 140 g/mol. The van der Waals surface area contributed by atoms with Gasteiger partial charge in [-0.15, -0.1) is 0 Å². The molecule has 1 N–H and O–H groups in total. The molecule has 0 aromatic carbocycles. The molecular formula is C8H8N2O. The van der Waals surface area contributed by atoms with Crippen LogP contribution in [0.5, 0.6) is 0 Å². The standard InChI is InChI=1S/C8H8N2O/c11-5-7-2-1-3-10-6-9-4-8(7)10/h1-4,6,11H,5H2. The Morgan fingerprint density at radius 3 is 3.27 bits per heavy atom. The first-order valence-electron chi connectivity index (χ1n) is 3.42. The second-order valence-electron chi connectivity index (χ2n) is 2.38. The smallest absolute Gasteiger partial charge is 0.0992 e. The van der Waals surface area contributed by atoms with Crippen molar-refractivity contribution >= 4 is 5.52 Å². The molecule has 0 fully saturated rings. The monoisotopic (exact) mass is 148 g/mol. The normalized spacial score (nSPS) is 10.6. The van der Waals surface area contributed by atoms with Crippen molar-refractivity contribution in [2.75, 3.05) is 0 Å². The van der Waals surface area contributed by atoms with Crippen LogP contribution in [0.4, 0.5) is 0 Å². The summed E-state index contributed by atoms with van der Waals surface area (Å²) in [6.45, 7) is 0.0655. The summed E-state index contributed by atoms with van der Waals surface area (Å²) in [5, 5.41) is 8.91. The first-order valence-corrected chi connectivity index (χ1v) is 3.42. The maximum absolute atomic E-state index is 8.91. The van der Waals surface area contributed by atoms with Gasteiger partial charge in [-0.2, -0.15) is 0 Å². The lowest BCUT2D eigenvalue weighted by Gasteiger charge is -1.97. The van der Waals surface area contributed by atoms with Crippen molar-refractivity contribution in [2.24, 2.45) is 0 Å². The Morgan fingerprint density at radius 2 is 2.45 bits per heavy atom. The quantitative estimate of drug-likeness (QED) is 0.650. The Balaban J connectivity index is 2.79. The van der Waals surface area contributed by atoms with E-state index >= 15 is 0 Å². The molecule has 56 valence electrons. The molecule has 0 atom stereocenters. The molecule has 0 saturated heterocycles. The van der Waals surface area contributed by atoms with Gasteiger partial charge >= 0.3 is 0 Å². The van der Waals surface area contributed by atoms with Crippen LogP contribution in [0.15, 0.2) is 30.9 Å². The van der Waals surface area contributed by atoms with Crippen LogP contribution in [0.3, 0.4) is 0 Å². The highest BCUT2D eigenvalue weighted by Crippen LogP contribution is 2.08. The summed E-state index contributed by atoms with van der Waals surface area (Å²) in [6.07, 6.45) is 5.36. The van der Waals surface area contributed by atoms with E-state index in [9.17, 15) is 0 Å². The van der Waals surface area contributed by atoms with Crippen LogP contribution in [0.25, 0.3) is 5.52 Å². The zero-order chi connectivity index (χ0) is 7.68. The number of fused-ring (bicyclic) bond motifs is 1. The summed E-state index contributed by atoms with van der Waals surface area (Å²) in [7, 11) is 0. The molecule has 0 bridgehead atoms. The molecule has 2 rings (SSSR count). The summed E-state index contributed by atoms with van der Waals surface area (Å²) in [5.74, 6) is 0. The minimum atomic E-state index is 0.0655. The topological polar surface area (TPSA) is 37.5 Å². The first kappa shape index (κ1) is 6.37. The Morgan fingerprint density at radius 1 is 1.55 bits per heavy atom. The highest BCUT2D eigenvalue weighted by atomic mass is 16.3. The van der Waals surface area contributed by atoms with Crippen LogP contribution < -0.4 is 0 Å². The zero-order valence-corrected chi connectivity index (χ0v) is 5.94. The number of aliphatic hydroxyl groups is 1. The predicted molar refractivity (Wildman–Crippen MR) is 41.1 cm³/mol. The van der Waals surface area contributed by atoms with Crippen molar-refractivity contribution in [3.8, 4) is 0 Å². The predicted octanol–water partition coefficient (Wildman–Crippen LogP) is 0.827. The van der Waals surface area contributed by atoms with E-state index in [4.69, 9.17) is 5.11 Å². The molecule has 0 saturated carbocycles. The third kappa shape index (κ3) is 0.897. The van der Waals surface area contributed by atoms with Gasteiger partial charge in [-0.05, 0) is 6.07 Å². The maximum Gasteiger partial charge on any atom is 0.0992 e. The number of aromatic nitrogens is 2. The van der Waals surface area contributed by atoms with E-state index in [0.717, 1.165) is 11.1 Å². The van der Waals surface area contributed by atoms with Crippen LogP contribution in [-0.2, 0) is 6.61 Å². The van der Waals surface area contributed by atoms with E-state index in [1.54, 1.807) is 12.5 Å². The van der Waals surface area contributed by atoms with Crippen LogP contribution in [0.2, 0.25) is 0 Å². The number of rotatable bonds is 1. The lowest BCUT2D eigenvalue weighted by Crippen LogP contribution is -1.88. The average Bonchev–Trinajstić information content (AvgIpc) is 2.50. The van der Waals surface area contributed by atoms with Crippen molar-refractivity contribution in [1.29, 1.82) is 0 Å². The molecule has 0 aliphatic carbocycles. The van der Waals surface area contributed by atoms with Crippen LogP contribution >= 0.6 is 0 Å². The second kappa shape index (κ2) is 2.36. The number of pyridine rings is 1. The van der Waals surface area contributed by atoms with Crippen molar-refractivity contribution in [1.82, 2.24) is 9.38 Å². The lowest BCUT2D eigenvalue weighted by atomic mass is 10.2. The summed E-state index contributed by atoms with van der Waals surface area (Å²) < 4.78 is 1.88. The van der Waals surface area contributed by atoms with E-state index in [0.29, 0.717) is 0 Å². The molecule has 0 aliphatic rings. The van der Waals surface area contributed by atoms with E-state index in [1.165, 1.54) is 0 Å². The number of imidazole rings is 1. The molecule has 0 aliphatic heterocycles. The van der Waals surface area contributed by atoms with Gasteiger partial charge in [-0.25, -0.2) is 4.98 Å². The number of nitrogens with zero attached hydrogens (tertiary/aromatic N) is 2. The van der Waals surface area contributed by atoms with Crippen LogP contribution in [-0.4, -0.2) is 14.5 Å². The van der Waals surface area contributed by atoms with E-state index in [-0.39, 0.29) is 6.61 Å². The summed E-state index contributed by atoms with van der Waals surface area (Å²) in [6, 6.07) is 3.78. The van der Waals surface area contributed by atoms with Gasteiger partial charge in [0.2, 0.25) is 0 Å². The zero-order valence-electron chi connectivity index (χ0n) is 5.94. The lowest BCUT2D eigenvalue weighted by molar-refractivity contribution is 0.283. The Labute approximate surface area is 63.9 Å². The molecule has 0 radical (unpaired) electrons. The summed E-state index contributed by atoms with van der Waals surface area (Å²) >= 11 is 0. The average molecular weight is 148 g/mol. The van der Waals surface area contributed by atoms with Crippen molar-refractivity contribution in [3.63, 3.8) is 0 Å². The highest BCUT2D eigenvalue weighted by Gasteiger charge is 1.97. The molecule has 0 spiro atoms. The molecule has 0 unspecified atom stereocenters. The van der Waals surface area contributed by atoms with Crippen LogP contribution in [0, 0.1) is 0 Å². The van der Waals surface area contributed by atoms with E-state index in [2.05, 4.69) is 4.98 Å². The number of aliphatic hydroxyl groups excluding tert-OH is 1. The van der Waals surface area contributed by atoms with Crippen LogP contribution in [0.1, 0.15) is 5.56 Å². The van der Waals surface area contributed by atoms with Gasteiger partial charge in [-0.3, -0.25) is 0 Å². The molecule has 2 heterocycles. The minimum Gasteiger partial charge on any atom is -0.392 e. The highest BCUT2D eigenvalue weighted by molar-refractivity contribution is 5.52. The minimum absolute atomic E-state index is 0.0655. The number of hydrogen-bond acceptors (Lipinski definition) is 2. The Kier molecular flexibility index (Phi) is 1.36. The molecule has 2 aromatic heterocycles. The first-order chi connectivity index (χ1) is 5.42. The number of hydrogen-bond donors (Lipinski definition) is 1. The third-order valence-corrected chi connectivity index (χ3v) is 1.71. The fraction of sp³-hybridized carbons (Fsp3) is 0.125. The van der Waals surface area contributed by atoms with E-state index in [1.807, 2.05) is 22.7 Å². The Hall–Kier alpha value is -1.35. The van der Waals surface area contributed by atoms with Gasteiger partial charge in [0, 0.05) is 11.8 Å². The van der Waals surface area contributed by atoms with Gasteiger partial charge in [0.05, 0.1) is 24.6 Å². The summed E-state index contributed by atoms with van der Waals surface area (Å²) in [4.78, 5) is 3.96. The third-order valence-electron chi connectivity index (χ3n) is 1.71. The van der Waals surface area contributed by atoms with Crippen molar-refractivity contribution in [3.05, 3.63) is 36.4 Å². The SMILES string of the molecule is OCc1cccn2cncc12. The summed E-state index contributed by atoms with van der Waals surface area (Å²) in [5.41, 5.74) is 1.88. The van der Waals surface area contributed by atoms with Gasteiger partial charge in [0.15, 0.2) is 0 Å². The fourth-order valence-electron chi connectivity index (χ4n) is 1.14. The maximum atomic E-state index is 8.91. The van der Waals surface area contributed by atoms with Gasteiger partial charge in [-0.1, -0.05) is 6.07 Å².